The first-order chi connectivity index (χ1) is 9.41. The highest BCUT2D eigenvalue weighted by molar-refractivity contribution is 5.70. The minimum atomic E-state index is -1.50. The molecule has 0 spiro atoms. The fourth-order valence-electron chi connectivity index (χ4n) is 1.34. The molecule has 1 heterocycles. The highest BCUT2D eigenvalue weighted by Crippen LogP contribution is 2.35. The minimum Gasteiger partial charge on any atom is -0.382 e. The van der Waals surface area contributed by atoms with Crippen molar-refractivity contribution in [1.82, 2.24) is 10.2 Å². The summed E-state index contributed by atoms with van der Waals surface area (Å²) >= 11 is 0. The van der Waals surface area contributed by atoms with Crippen molar-refractivity contribution in [3.8, 4) is 0 Å². The van der Waals surface area contributed by atoms with Gasteiger partial charge < -0.3 is 11.5 Å². The van der Waals surface area contributed by atoms with Crippen LogP contribution in [-0.4, -0.2) is 15.1 Å². The SMILES string of the molecule is Nc1n[nH]c(N)c1N=Nc1c([N+](=O)[O-])ccc(F)c1F. The lowest BCUT2D eigenvalue weighted by Crippen LogP contribution is -1.93. The third kappa shape index (κ3) is 2.23. The first kappa shape index (κ1) is 13.3. The Labute approximate surface area is 109 Å². The van der Waals surface area contributed by atoms with Crippen molar-refractivity contribution in [2.45, 2.75) is 0 Å². The summed E-state index contributed by atoms with van der Waals surface area (Å²) in [6, 6.07) is 1.39. The number of nitro groups is 1. The van der Waals surface area contributed by atoms with Gasteiger partial charge in [0, 0.05) is 6.07 Å². The van der Waals surface area contributed by atoms with Crippen molar-refractivity contribution in [3.63, 3.8) is 0 Å². The number of nitrogens with one attached hydrogen (secondary N) is 1. The first-order valence-electron chi connectivity index (χ1n) is 5.05. The average molecular weight is 283 g/mol. The van der Waals surface area contributed by atoms with E-state index in [2.05, 4.69) is 20.4 Å². The fraction of sp³-hybridized carbons (Fsp3) is 0. The van der Waals surface area contributed by atoms with Crippen molar-refractivity contribution in [2.75, 3.05) is 11.5 Å². The van der Waals surface area contributed by atoms with Crippen LogP contribution in [-0.2, 0) is 0 Å². The molecule has 0 unspecified atom stereocenters. The van der Waals surface area contributed by atoms with E-state index in [1.54, 1.807) is 0 Å². The maximum absolute atomic E-state index is 13.5. The monoisotopic (exact) mass is 283 g/mol. The molecule has 9 nitrogen and oxygen atoms in total. The van der Waals surface area contributed by atoms with Gasteiger partial charge in [0.1, 0.15) is 5.82 Å². The summed E-state index contributed by atoms with van der Waals surface area (Å²) in [5, 5.41) is 23.3. The Bertz CT molecular complexity index is 693. The average Bonchev–Trinajstić information content (AvgIpc) is 2.71. The number of H-pyrrole nitrogens is 1. The molecule has 0 atom stereocenters. The lowest BCUT2D eigenvalue weighted by molar-refractivity contribution is -0.384. The number of hydrogen-bond donors (Lipinski definition) is 3. The standard InChI is InChI=1S/C9H7F2N7O2/c10-3-1-2-4(18(19)20)6(5(3)11)14-15-7-8(12)16-17-9(7)13/h1-2H,(H5,12,13,16,17). The molecule has 0 radical (unpaired) electrons. The maximum atomic E-state index is 13.5. The molecular formula is C9H7F2N7O2. The number of halogens is 2. The molecule has 104 valence electrons. The minimum absolute atomic E-state index is 0.0642. The number of aromatic nitrogens is 2. The molecule has 0 aliphatic heterocycles. The summed E-state index contributed by atoms with van der Waals surface area (Å²) in [6.07, 6.45) is 0. The molecule has 0 saturated carbocycles. The molecule has 0 aliphatic rings. The van der Waals surface area contributed by atoms with Crippen molar-refractivity contribution in [3.05, 3.63) is 33.9 Å². The van der Waals surface area contributed by atoms with E-state index in [4.69, 9.17) is 11.5 Å². The molecule has 1 aromatic heterocycles. The Morgan fingerprint density at radius 3 is 2.45 bits per heavy atom. The van der Waals surface area contributed by atoms with Crippen LogP contribution in [0.3, 0.4) is 0 Å². The predicted molar refractivity (Wildman–Crippen MR) is 64.6 cm³/mol. The van der Waals surface area contributed by atoms with Gasteiger partial charge in [0.15, 0.2) is 23.1 Å². The van der Waals surface area contributed by atoms with Gasteiger partial charge in [0.2, 0.25) is 5.69 Å². The molecule has 2 aromatic rings. The zero-order valence-corrected chi connectivity index (χ0v) is 9.67. The zero-order valence-electron chi connectivity index (χ0n) is 9.67. The number of rotatable bonds is 3. The number of hydrogen-bond acceptors (Lipinski definition) is 7. The molecule has 5 N–H and O–H groups in total. The van der Waals surface area contributed by atoms with Gasteiger partial charge in [0.05, 0.1) is 4.92 Å². The van der Waals surface area contributed by atoms with Crippen LogP contribution in [0.1, 0.15) is 0 Å². The predicted octanol–water partition coefficient (Wildman–Crippen LogP) is 2.18. The number of benzene rings is 1. The van der Waals surface area contributed by atoms with Crippen LogP contribution < -0.4 is 11.5 Å². The van der Waals surface area contributed by atoms with Crippen molar-refractivity contribution in [1.29, 1.82) is 0 Å². The molecule has 1 aromatic carbocycles. The smallest absolute Gasteiger partial charge is 0.299 e. The summed E-state index contributed by atoms with van der Waals surface area (Å²) in [5.41, 5.74) is 9.08. The number of azo groups is 1. The Morgan fingerprint density at radius 1 is 1.25 bits per heavy atom. The topological polar surface area (TPSA) is 149 Å². The Hall–Kier alpha value is -3.11. The lowest BCUT2D eigenvalue weighted by atomic mass is 10.2. The van der Waals surface area contributed by atoms with E-state index in [-0.39, 0.29) is 17.3 Å². The molecule has 0 saturated heterocycles. The number of nitrogens with two attached hydrogens (primary N) is 2. The number of anilines is 2. The maximum Gasteiger partial charge on any atom is 0.299 e. The second-order valence-electron chi connectivity index (χ2n) is 3.56. The molecule has 0 bridgehead atoms. The second-order valence-corrected chi connectivity index (χ2v) is 3.56. The molecular weight excluding hydrogens is 276 g/mol. The highest BCUT2D eigenvalue weighted by atomic mass is 19.2. The summed E-state index contributed by atoms with van der Waals surface area (Å²) in [4.78, 5) is 9.81. The Kier molecular flexibility index (Phi) is 3.25. The zero-order chi connectivity index (χ0) is 14.9. The van der Waals surface area contributed by atoms with Crippen molar-refractivity contribution >= 4 is 28.7 Å². The Morgan fingerprint density at radius 2 is 1.90 bits per heavy atom. The van der Waals surface area contributed by atoms with E-state index >= 15 is 0 Å². The summed E-state index contributed by atoms with van der Waals surface area (Å²) in [5.74, 6) is -2.99. The van der Waals surface area contributed by atoms with E-state index in [1.165, 1.54) is 0 Å². The van der Waals surface area contributed by atoms with E-state index in [0.29, 0.717) is 6.07 Å². The van der Waals surface area contributed by atoms with Gasteiger partial charge in [-0.05, 0) is 6.07 Å². The molecule has 0 aliphatic carbocycles. The molecule has 20 heavy (non-hydrogen) atoms. The molecule has 2 rings (SSSR count). The van der Waals surface area contributed by atoms with Crippen LogP contribution in [0.2, 0.25) is 0 Å². The third-order valence-corrected chi connectivity index (χ3v) is 2.29. The number of aromatic amines is 1. The van der Waals surface area contributed by atoms with Crippen LogP contribution in [0.4, 0.5) is 37.5 Å². The van der Waals surface area contributed by atoms with Crippen LogP contribution >= 0.6 is 0 Å². The van der Waals surface area contributed by atoms with Crippen LogP contribution in [0.25, 0.3) is 0 Å². The first-order valence-corrected chi connectivity index (χ1v) is 5.05. The molecule has 0 amide bonds. The van der Waals surface area contributed by atoms with Gasteiger partial charge >= 0.3 is 0 Å². The second kappa shape index (κ2) is 4.87. The molecule has 0 fully saturated rings. The molecule has 11 heteroatoms. The normalized spacial score (nSPS) is 11.1. The van der Waals surface area contributed by atoms with Gasteiger partial charge in [-0.1, -0.05) is 0 Å². The van der Waals surface area contributed by atoms with Crippen LogP contribution in [0, 0.1) is 21.7 Å². The van der Waals surface area contributed by atoms with Gasteiger partial charge in [-0.15, -0.1) is 10.2 Å². The highest BCUT2D eigenvalue weighted by Gasteiger charge is 2.22. The fourth-order valence-corrected chi connectivity index (χ4v) is 1.34. The van der Waals surface area contributed by atoms with Gasteiger partial charge in [-0.25, -0.2) is 8.78 Å². The number of nitrogens with zero attached hydrogens (tertiary/aromatic N) is 4. The van der Waals surface area contributed by atoms with Crippen LogP contribution in [0.15, 0.2) is 22.4 Å². The number of nitrogen functional groups attached to an aromatic ring is 2. The van der Waals surface area contributed by atoms with E-state index in [9.17, 15) is 18.9 Å². The van der Waals surface area contributed by atoms with Crippen molar-refractivity contribution in [2.24, 2.45) is 10.2 Å². The van der Waals surface area contributed by atoms with Gasteiger partial charge in [-0.3, -0.25) is 15.2 Å². The quantitative estimate of drug-likeness (QED) is 0.448. The third-order valence-electron chi connectivity index (χ3n) is 2.29. The lowest BCUT2D eigenvalue weighted by Gasteiger charge is -1.99. The van der Waals surface area contributed by atoms with Gasteiger partial charge in [-0.2, -0.15) is 5.10 Å². The summed E-state index contributed by atoms with van der Waals surface area (Å²) in [7, 11) is 0. The van der Waals surface area contributed by atoms with E-state index < -0.39 is 27.9 Å². The van der Waals surface area contributed by atoms with Crippen molar-refractivity contribution < 1.29 is 13.7 Å². The summed E-state index contributed by atoms with van der Waals surface area (Å²) in [6.45, 7) is 0. The largest absolute Gasteiger partial charge is 0.382 e. The van der Waals surface area contributed by atoms with Gasteiger partial charge in [0.25, 0.3) is 5.69 Å². The number of nitro benzene ring substituents is 1. The Balaban J connectivity index is 2.53. The van der Waals surface area contributed by atoms with E-state index in [1.807, 2.05) is 0 Å². The van der Waals surface area contributed by atoms with E-state index in [0.717, 1.165) is 6.07 Å². The summed E-state index contributed by atoms with van der Waals surface area (Å²) < 4.78 is 26.6. The van der Waals surface area contributed by atoms with Crippen LogP contribution in [0.5, 0.6) is 0 Å².